The van der Waals surface area contributed by atoms with Crippen molar-refractivity contribution in [1.82, 2.24) is 15.1 Å². The van der Waals surface area contributed by atoms with Gasteiger partial charge in [-0.3, -0.25) is 9.69 Å². The third-order valence-corrected chi connectivity index (χ3v) is 7.62. The fraction of sp³-hybridized carbons (Fsp3) is 0.481. The predicted octanol–water partition coefficient (Wildman–Crippen LogP) is 4.37. The second-order valence-corrected chi connectivity index (χ2v) is 9.78. The molecule has 5 rings (SSSR count). The number of imide groups is 1. The van der Waals surface area contributed by atoms with Gasteiger partial charge in [0, 0.05) is 25.4 Å². The van der Waals surface area contributed by atoms with Crippen LogP contribution in [0.3, 0.4) is 0 Å². The predicted molar refractivity (Wildman–Crippen MR) is 125 cm³/mol. The topological polar surface area (TPSA) is 52.7 Å². The minimum absolute atomic E-state index is 0.0897. The maximum Gasteiger partial charge on any atom is 0.326 e. The number of piperidine rings is 1. The summed E-state index contributed by atoms with van der Waals surface area (Å²) in [4.78, 5) is 31.0. The van der Waals surface area contributed by atoms with Crippen molar-refractivity contribution < 1.29 is 9.59 Å². The van der Waals surface area contributed by atoms with Crippen LogP contribution >= 0.6 is 0 Å². The molecule has 0 radical (unpaired) electrons. The summed E-state index contributed by atoms with van der Waals surface area (Å²) in [6.45, 7) is 1.39. The van der Waals surface area contributed by atoms with Crippen LogP contribution in [0.5, 0.6) is 0 Å². The molecule has 2 aliphatic heterocycles. The number of hydrogen-bond donors (Lipinski definition) is 1. The van der Waals surface area contributed by atoms with Crippen LogP contribution in [0.4, 0.5) is 4.79 Å². The Kier molecular flexibility index (Phi) is 6.01. The number of amides is 3. The summed E-state index contributed by atoms with van der Waals surface area (Å²) in [7, 11) is 0. The SMILES string of the molecule is O=C1NC(Cc2ccccc2)(Cc2ccccc2)C(=O)N1CN1CCC[C@@H]2CCCC[C@@H]21. The fourth-order valence-corrected chi connectivity index (χ4v) is 6.08. The first-order valence-electron chi connectivity index (χ1n) is 12.1. The molecule has 0 spiro atoms. The van der Waals surface area contributed by atoms with E-state index in [1.54, 1.807) is 0 Å². The lowest BCUT2D eigenvalue weighted by molar-refractivity contribution is -0.133. The molecule has 3 fully saturated rings. The summed E-state index contributed by atoms with van der Waals surface area (Å²) in [5.74, 6) is 0.629. The van der Waals surface area contributed by atoms with E-state index in [-0.39, 0.29) is 11.9 Å². The van der Waals surface area contributed by atoms with Crippen molar-refractivity contribution in [2.45, 2.75) is 62.9 Å². The number of carbonyl (C=O) groups excluding carboxylic acids is 2. The molecule has 168 valence electrons. The Morgan fingerprint density at radius 1 is 0.812 bits per heavy atom. The maximum absolute atomic E-state index is 13.9. The molecule has 5 nitrogen and oxygen atoms in total. The van der Waals surface area contributed by atoms with E-state index < -0.39 is 5.54 Å². The highest BCUT2D eigenvalue weighted by atomic mass is 16.2. The van der Waals surface area contributed by atoms with E-state index in [4.69, 9.17) is 0 Å². The van der Waals surface area contributed by atoms with Gasteiger partial charge in [0.1, 0.15) is 5.54 Å². The standard InChI is InChI=1S/C27H33N3O2/c31-25-27(18-21-10-3-1-4-11-21,19-22-12-5-2-6-13-22)28-26(32)30(25)20-29-17-9-15-23-14-7-8-16-24(23)29/h1-6,10-13,23-24H,7-9,14-20H2,(H,28,32)/t23-,24-/m0/s1. The highest BCUT2D eigenvalue weighted by Crippen LogP contribution is 2.36. The zero-order valence-corrected chi connectivity index (χ0v) is 18.7. The summed E-state index contributed by atoms with van der Waals surface area (Å²) < 4.78 is 0. The van der Waals surface area contributed by atoms with Gasteiger partial charge in [-0.1, -0.05) is 73.5 Å². The lowest BCUT2D eigenvalue weighted by Crippen LogP contribution is -2.54. The van der Waals surface area contributed by atoms with E-state index in [1.165, 1.54) is 37.0 Å². The molecule has 32 heavy (non-hydrogen) atoms. The van der Waals surface area contributed by atoms with E-state index in [2.05, 4.69) is 10.2 Å². The first-order valence-corrected chi connectivity index (χ1v) is 12.1. The average molecular weight is 432 g/mol. The zero-order chi connectivity index (χ0) is 22.0. The molecule has 0 unspecified atom stereocenters. The number of benzene rings is 2. The Hall–Kier alpha value is -2.66. The van der Waals surface area contributed by atoms with E-state index in [0.29, 0.717) is 25.6 Å². The molecule has 5 heteroatoms. The van der Waals surface area contributed by atoms with Crippen molar-refractivity contribution in [3.63, 3.8) is 0 Å². The lowest BCUT2D eigenvalue weighted by Gasteiger charge is -2.45. The van der Waals surface area contributed by atoms with Crippen molar-refractivity contribution in [3.8, 4) is 0 Å². The highest BCUT2D eigenvalue weighted by Gasteiger charge is 2.52. The summed E-state index contributed by atoms with van der Waals surface area (Å²) >= 11 is 0. The van der Waals surface area contributed by atoms with Gasteiger partial charge in [0.25, 0.3) is 5.91 Å². The van der Waals surface area contributed by atoms with Crippen LogP contribution in [0.1, 0.15) is 49.7 Å². The van der Waals surface area contributed by atoms with Crippen LogP contribution in [-0.2, 0) is 17.6 Å². The number of urea groups is 1. The smallest absolute Gasteiger partial charge is 0.322 e. The second-order valence-electron chi connectivity index (χ2n) is 9.78. The van der Waals surface area contributed by atoms with Gasteiger partial charge in [-0.15, -0.1) is 0 Å². The van der Waals surface area contributed by atoms with Gasteiger partial charge in [-0.05, 0) is 42.7 Å². The first kappa shape index (κ1) is 21.2. The van der Waals surface area contributed by atoms with Gasteiger partial charge < -0.3 is 5.32 Å². The molecule has 1 saturated carbocycles. The molecule has 3 aliphatic rings. The number of nitrogens with one attached hydrogen (secondary N) is 1. The quantitative estimate of drug-likeness (QED) is 0.691. The van der Waals surface area contributed by atoms with Crippen molar-refractivity contribution in [2.24, 2.45) is 5.92 Å². The minimum atomic E-state index is -0.943. The molecule has 3 amide bonds. The van der Waals surface area contributed by atoms with Crippen molar-refractivity contribution >= 4 is 11.9 Å². The fourth-order valence-electron chi connectivity index (χ4n) is 6.08. The van der Waals surface area contributed by atoms with Crippen LogP contribution in [0, 0.1) is 5.92 Å². The van der Waals surface area contributed by atoms with Crippen LogP contribution < -0.4 is 5.32 Å². The van der Waals surface area contributed by atoms with Gasteiger partial charge in [0.2, 0.25) is 0 Å². The third-order valence-electron chi connectivity index (χ3n) is 7.62. The van der Waals surface area contributed by atoms with E-state index in [9.17, 15) is 9.59 Å². The lowest BCUT2D eigenvalue weighted by atomic mass is 9.78. The van der Waals surface area contributed by atoms with E-state index in [1.807, 2.05) is 60.7 Å². The van der Waals surface area contributed by atoms with Gasteiger partial charge in [0.15, 0.2) is 0 Å². The number of carbonyl (C=O) groups is 2. The molecular weight excluding hydrogens is 398 g/mol. The van der Waals surface area contributed by atoms with Gasteiger partial charge in [0.05, 0.1) is 6.67 Å². The number of hydrogen-bond acceptors (Lipinski definition) is 3. The normalized spacial score (nSPS) is 25.4. The largest absolute Gasteiger partial charge is 0.326 e. The van der Waals surface area contributed by atoms with Crippen molar-refractivity contribution in [2.75, 3.05) is 13.2 Å². The molecule has 1 N–H and O–H groups in total. The third kappa shape index (κ3) is 4.18. The summed E-state index contributed by atoms with van der Waals surface area (Å²) in [5, 5.41) is 3.14. The molecule has 2 saturated heterocycles. The number of likely N-dealkylation sites (tertiary alicyclic amines) is 1. The maximum atomic E-state index is 13.9. The molecule has 2 heterocycles. The second kappa shape index (κ2) is 9.07. The highest BCUT2D eigenvalue weighted by molar-refractivity contribution is 6.07. The Morgan fingerprint density at radius 2 is 1.41 bits per heavy atom. The molecule has 2 aromatic rings. The summed E-state index contributed by atoms with van der Waals surface area (Å²) in [6, 6.07) is 20.3. The summed E-state index contributed by atoms with van der Waals surface area (Å²) in [5.41, 5.74) is 1.18. The summed E-state index contributed by atoms with van der Waals surface area (Å²) in [6.07, 6.45) is 8.48. The molecule has 2 atom stereocenters. The number of fused-ring (bicyclic) bond motifs is 1. The Bertz CT molecular complexity index is 902. The van der Waals surface area contributed by atoms with E-state index in [0.717, 1.165) is 30.0 Å². The van der Waals surface area contributed by atoms with Gasteiger partial charge in [-0.2, -0.15) is 0 Å². The van der Waals surface area contributed by atoms with Crippen molar-refractivity contribution in [1.29, 1.82) is 0 Å². The molecule has 1 aliphatic carbocycles. The molecule has 0 aromatic heterocycles. The molecular formula is C27H33N3O2. The Morgan fingerprint density at radius 3 is 2.06 bits per heavy atom. The van der Waals surface area contributed by atoms with Crippen molar-refractivity contribution in [3.05, 3.63) is 71.8 Å². The molecule has 0 bridgehead atoms. The zero-order valence-electron chi connectivity index (χ0n) is 18.7. The van der Waals surface area contributed by atoms with Gasteiger partial charge in [-0.25, -0.2) is 9.69 Å². The van der Waals surface area contributed by atoms with Gasteiger partial charge >= 0.3 is 6.03 Å². The average Bonchev–Trinajstić information content (AvgIpc) is 3.04. The van der Waals surface area contributed by atoms with Crippen LogP contribution in [-0.4, -0.2) is 46.5 Å². The van der Waals surface area contributed by atoms with Crippen LogP contribution in [0.25, 0.3) is 0 Å². The first-order chi connectivity index (χ1) is 15.6. The van der Waals surface area contributed by atoms with E-state index >= 15 is 0 Å². The number of nitrogens with zero attached hydrogens (tertiary/aromatic N) is 2. The van der Waals surface area contributed by atoms with Crippen LogP contribution in [0.2, 0.25) is 0 Å². The van der Waals surface area contributed by atoms with Crippen LogP contribution in [0.15, 0.2) is 60.7 Å². The monoisotopic (exact) mass is 431 g/mol. The minimum Gasteiger partial charge on any atom is -0.322 e. The Balaban J connectivity index is 1.40. The number of rotatable bonds is 6. The molecule has 2 aromatic carbocycles. The Labute approximate surface area is 190 Å².